The Bertz CT molecular complexity index is 936. The predicted octanol–water partition coefficient (Wildman–Crippen LogP) is 1.69. The number of fused-ring (bicyclic) bond motifs is 1. The number of pyridine rings is 1. The second kappa shape index (κ2) is 7.87. The molecule has 0 bridgehead atoms. The number of ether oxygens (including phenoxy) is 2. The molecule has 0 spiro atoms. The lowest BCUT2D eigenvalue weighted by atomic mass is 10.2. The van der Waals surface area contributed by atoms with E-state index < -0.39 is 34.9 Å². The first kappa shape index (κ1) is 19.0. The number of aromatic nitrogens is 1. The van der Waals surface area contributed by atoms with Crippen molar-refractivity contribution in [2.45, 2.75) is 17.4 Å². The largest absolute Gasteiger partial charge is 0.486 e. The summed E-state index contributed by atoms with van der Waals surface area (Å²) >= 11 is 0. The molecule has 0 fully saturated rings. The van der Waals surface area contributed by atoms with Crippen LogP contribution in [0.5, 0.6) is 11.6 Å². The summed E-state index contributed by atoms with van der Waals surface area (Å²) in [4.78, 5) is 16.2. The van der Waals surface area contributed by atoms with Gasteiger partial charge < -0.3 is 14.8 Å². The molecule has 1 atom stereocenters. The van der Waals surface area contributed by atoms with Gasteiger partial charge in [0.15, 0.2) is 16.4 Å². The monoisotopic (exact) mass is 398 g/mol. The van der Waals surface area contributed by atoms with Crippen LogP contribution in [0.2, 0.25) is 0 Å². The lowest BCUT2D eigenvalue weighted by molar-refractivity contribution is 0.0770. The van der Waals surface area contributed by atoms with Crippen LogP contribution in [-0.2, 0) is 9.84 Å². The number of para-hydroxylation sites is 1. The molecule has 3 rings (SSSR count). The zero-order chi connectivity index (χ0) is 19.4. The Hall–Kier alpha value is -2.75. The van der Waals surface area contributed by atoms with Crippen LogP contribution >= 0.6 is 0 Å². The molecule has 0 radical (unpaired) electrons. The maximum atomic E-state index is 12.3. The number of hydrogen-bond acceptors (Lipinski definition) is 6. The summed E-state index contributed by atoms with van der Waals surface area (Å²) < 4.78 is 59.7. The minimum Gasteiger partial charge on any atom is -0.486 e. The zero-order valence-corrected chi connectivity index (χ0v) is 14.8. The van der Waals surface area contributed by atoms with Crippen molar-refractivity contribution in [3.05, 3.63) is 48.2 Å². The smallest absolute Gasteiger partial charge is 0.272 e. The van der Waals surface area contributed by atoms with Gasteiger partial charge in [0.2, 0.25) is 5.88 Å². The molecule has 1 amide bonds. The fourth-order valence-corrected chi connectivity index (χ4v) is 4.14. The average molecular weight is 398 g/mol. The first-order valence-electron chi connectivity index (χ1n) is 7.99. The van der Waals surface area contributed by atoms with Crippen molar-refractivity contribution in [2.24, 2.45) is 0 Å². The lowest BCUT2D eigenvalue weighted by Crippen LogP contribution is -2.42. The number of nitrogens with zero attached hydrogens (tertiary/aromatic N) is 1. The van der Waals surface area contributed by atoms with Crippen LogP contribution in [0.15, 0.2) is 47.5 Å². The maximum Gasteiger partial charge on any atom is 0.272 e. The topological polar surface area (TPSA) is 94.6 Å². The molecule has 0 saturated carbocycles. The Morgan fingerprint density at radius 1 is 1.30 bits per heavy atom. The quantitative estimate of drug-likeness (QED) is 0.796. The first-order chi connectivity index (χ1) is 12.9. The number of hydrogen-bond donors (Lipinski definition) is 1. The van der Waals surface area contributed by atoms with Crippen LogP contribution in [-0.4, -0.2) is 50.7 Å². The van der Waals surface area contributed by atoms with Gasteiger partial charge in [-0.05, 0) is 24.3 Å². The third-order valence-electron chi connectivity index (χ3n) is 3.74. The standard InChI is InChI=1S/C17H16F2N2O5S/c18-15(19)9-25-17-12(4-3-7-20-17)16(22)21-8-11-10-27(23,24)14-6-2-1-5-13(14)26-11/h1-7,11,15H,8-10H2,(H,21,22). The highest BCUT2D eigenvalue weighted by atomic mass is 32.2. The number of sulfone groups is 1. The molecule has 1 N–H and O–H groups in total. The number of alkyl halides is 2. The van der Waals surface area contributed by atoms with E-state index in [9.17, 15) is 22.0 Å². The molecule has 144 valence electrons. The number of benzene rings is 1. The Kier molecular flexibility index (Phi) is 5.54. The highest BCUT2D eigenvalue weighted by molar-refractivity contribution is 7.91. The fraction of sp³-hybridized carbons (Fsp3) is 0.294. The SMILES string of the molecule is O=C(NCC1CS(=O)(=O)c2ccccc2O1)c1cccnc1OCC(F)F. The number of carbonyl (C=O) groups excluding carboxylic acids is 1. The molecule has 1 aliphatic rings. The van der Waals surface area contributed by atoms with E-state index in [0.29, 0.717) is 0 Å². The van der Waals surface area contributed by atoms with E-state index in [0.717, 1.165) is 0 Å². The highest BCUT2D eigenvalue weighted by Crippen LogP contribution is 2.30. The summed E-state index contributed by atoms with van der Waals surface area (Å²) in [5.41, 5.74) is -0.0304. The van der Waals surface area contributed by atoms with E-state index in [2.05, 4.69) is 10.3 Å². The maximum absolute atomic E-state index is 12.3. The molecule has 0 aliphatic carbocycles. The molecule has 0 saturated heterocycles. The molecule has 1 aromatic heterocycles. The van der Waals surface area contributed by atoms with Crippen molar-refractivity contribution in [2.75, 3.05) is 18.9 Å². The Labute approximate surface area is 154 Å². The van der Waals surface area contributed by atoms with Crippen LogP contribution < -0.4 is 14.8 Å². The molecule has 2 aromatic rings. The van der Waals surface area contributed by atoms with Gasteiger partial charge in [0.25, 0.3) is 12.3 Å². The summed E-state index contributed by atoms with van der Waals surface area (Å²) in [6.45, 7) is -0.979. The minimum absolute atomic E-state index is 0.0304. The lowest BCUT2D eigenvalue weighted by Gasteiger charge is -2.26. The van der Waals surface area contributed by atoms with Gasteiger partial charge >= 0.3 is 0 Å². The van der Waals surface area contributed by atoms with Crippen molar-refractivity contribution in [1.29, 1.82) is 0 Å². The zero-order valence-electron chi connectivity index (χ0n) is 14.0. The van der Waals surface area contributed by atoms with Crippen molar-refractivity contribution in [1.82, 2.24) is 10.3 Å². The molecule has 7 nitrogen and oxygen atoms in total. The summed E-state index contributed by atoms with van der Waals surface area (Å²) in [6.07, 6.45) is -2.18. The molecule has 10 heteroatoms. The van der Waals surface area contributed by atoms with Crippen molar-refractivity contribution in [3.63, 3.8) is 0 Å². The van der Waals surface area contributed by atoms with Gasteiger partial charge in [0, 0.05) is 6.20 Å². The number of carbonyl (C=O) groups is 1. The van der Waals surface area contributed by atoms with E-state index in [1.165, 1.54) is 30.5 Å². The van der Waals surface area contributed by atoms with E-state index in [-0.39, 0.29) is 34.4 Å². The van der Waals surface area contributed by atoms with Gasteiger partial charge in [0.05, 0.1) is 12.3 Å². The molecule has 2 heterocycles. The molecule has 27 heavy (non-hydrogen) atoms. The molecule has 1 aliphatic heterocycles. The highest BCUT2D eigenvalue weighted by Gasteiger charge is 2.32. The first-order valence-corrected chi connectivity index (χ1v) is 9.64. The van der Waals surface area contributed by atoms with Gasteiger partial charge in [-0.25, -0.2) is 22.2 Å². The molecule has 1 aromatic carbocycles. The third-order valence-corrected chi connectivity index (χ3v) is 5.55. The van der Waals surface area contributed by atoms with Crippen LogP contribution in [0.25, 0.3) is 0 Å². The second-order valence-corrected chi connectivity index (χ2v) is 7.74. The van der Waals surface area contributed by atoms with Crippen LogP contribution in [0.4, 0.5) is 8.78 Å². The Balaban J connectivity index is 1.67. The Morgan fingerprint density at radius 2 is 2.07 bits per heavy atom. The van der Waals surface area contributed by atoms with E-state index in [1.54, 1.807) is 12.1 Å². The van der Waals surface area contributed by atoms with Crippen LogP contribution in [0, 0.1) is 0 Å². The summed E-state index contributed by atoms with van der Waals surface area (Å²) in [7, 11) is -3.53. The van der Waals surface area contributed by atoms with E-state index in [4.69, 9.17) is 9.47 Å². The van der Waals surface area contributed by atoms with E-state index >= 15 is 0 Å². The van der Waals surface area contributed by atoms with Crippen LogP contribution in [0.1, 0.15) is 10.4 Å². The van der Waals surface area contributed by atoms with Gasteiger partial charge in [0.1, 0.15) is 22.3 Å². The van der Waals surface area contributed by atoms with Crippen molar-refractivity contribution in [3.8, 4) is 11.6 Å². The van der Waals surface area contributed by atoms with Gasteiger partial charge in [-0.3, -0.25) is 4.79 Å². The van der Waals surface area contributed by atoms with Gasteiger partial charge in [-0.15, -0.1) is 0 Å². The summed E-state index contributed by atoms with van der Waals surface area (Å²) in [6, 6.07) is 9.08. The van der Waals surface area contributed by atoms with Crippen molar-refractivity contribution >= 4 is 15.7 Å². The number of amides is 1. The summed E-state index contributed by atoms with van der Waals surface area (Å²) in [5, 5.41) is 2.53. The summed E-state index contributed by atoms with van der Waals surface area (Å²) in [5.74, 6) is -0.915. The normalized spacial score (nSPS) is 17.7. The molecular formula is C17H16F2N2O5S. The second-order valence-electron chi connectivity index (χ2n) is 5.74. The fourth-order valence-electron chi connectivity index (χ4n) is 2.58. The van der Waals surface area contributed by atoms with Gasteiger partial charge in [-0.1, -0.05) is 12.1 Å². The molecule has 1 unspecified atom stereocenters. The van der Waals surface area contributed by atoms with E-state index in [1.807, 2.05) is 0 Å². The van der Waals surface area contributed by atoms with Crippen LogP contribution in [0.3, 0.4) is 0 Å². The number of nitrogens with one attached hydrogen (secondary N) is 1. The molecular weight excluding hydrogens is 382 g/mol. The average Bonchev–Trinajstić information content (AvgIpc) is 2.64. The number of halogens is 2. The van der Waals surface area contributed by atoms with Gasteiger partial charge in [-0.2, -0.15) is 0 Å². The third kappa shape index (κ3) is 4.51. The Morgan fingerprint density at radius 3 is 2.85 bits per heavy atom. The number of rotatable bonds is 6. The predicted molar refractivity (Wildman–Crippen MR) is 91.0 cm³/mol. The van der Waals surface area contributed by atoms with Crippen molar-refractivity contribution < 1.29 is 31.5 Å². The minimum atomic E-state index is -3.53.